The number of aliphatic carboxylic acids is 1. The molecule has 148 valence electrons. The predicted octanol–water partition coefficient (Wildman–Crippen LogP) is 2.39. The first-order valence-corrected chi connectivity index (χ1v) is 10.1. The van der Waals surface area contributed by atoms with Gasteiger partial charge < -0.3 is 10.4 Å². The summed E-state index contributed by atoms with van der Waals surface area (Å²) in [7, 11) is 0. The lowest BCUT2D eigenvalue weighted by molar-refractivity contribution is -0.144. The first-order chi connectivity index (χ1) is 13.0. The molecule has 1 aromatic carbocycles. The first kappa shape index (κ1) is 20.1. The third-order valence-corrected chi connectivity index (χ3v) is 5.90. The van der Waals surface area contributed by atoms with Gasteiger partial charge in [-0.25, -0.2) is 0 Å². The summed E-state index contributed by atoms with van der Waals surface area (Å²) in [6.45, 7) is 4.01. The number of piperidine rings is 1. The van der Waals surface area contributed by atoms with E-state index in [0.717, 1.165) is 36.6 Å². The Bertz CT molecular complexity index is 664. The van der Waals surface area contributed by atoms with Crippen molar-refractivity contribution in [3.8, 4) is 0 Å². The van der Waals surface area contributed by atoms with Crippen LogP contribution in [-0.4, -0.2) is 66.1 Å². The van der Waals surface area contributed by atoms with E-state index in [-0.39, 0.29) is 24.4 Å². The molecular weight excluding hydrogens is 366 g/mol. The highest BCUT2D eigenvalue weighted by Gasteiger charge is 2.28. The van der Waals surface area contributed by atoms with Crippen LogP contribution in [0.25, 0.3) is 0 Å². The number of hydrogen-bond donors (Lipinski definition) is 2. The average molecular weight is 394 g/mol. The van der Waals surface area contributed by atoms with E-state index >= 15 is 0 Å². The van der Waals surface area contributed by atoms with Gasteiger partial charge in [-0.15, -0.1) is 0 Å². The number of likely N-dealkylation sites (tertiary alicyclic amines) is 2. The molecule has 2 N–H and O–H groups in total. The van der Waals surface area contributed by atoms with Crippen LogP contribution in [0.4, 0.5) is 0 Å². The molecule has 2 unspecified atom stereocenters. The van der Waals surface area contributed by atoms with E-state index in [1.165, 1.54) is 12.8 Å². The van der Waals surface area contributed by atoms with Crippen molar-refractivity contribution < 1.29 is 14.7 Å². The maximum absolute atomic E-state index is 12.5. The number of carboxylic acids is 1. The molecule has 27 heavy (non-hydrogen) atoms. The van der Waals surface area contributed by atoms with Gasteiger partial charge in [-0.1, -0.05) is 29.8 Å². The summed E-state index contributed by atoms with van der Waals surface area (Å²) >= 11 is 6.41. The van der Waals surface area contributed by atoms with E-state index in [2.05, 4.69) is 10.2 Å². The fraction of sp³-hybridized carbons (Fsp3) is 0.600. The summed E-state index contributed by atoms with van der Waals surface area (Å²) in [5, 5.41) is 13.0. The predicted molar refractivity (Wildman–Crippen MR) is 105 cm³/mol. The Balaban J connectivity index is 1.57. The second-order valence-corrected chi connectivity index (χ2v) is 7.90. The lowest BCUT2D eigenvalue weighted by atomic mass is 9.98. The number of nitrogens with one attached hydrogen (secondary N) is 1. The monoisotopic (exact) mass is 393 g/mol. The molecule has 0 saturated carbocycles. The van der Waals surface area contributed by atoms with Crippen LogP contribution in [0.5, 0.6) is 0 Å². The van der Waals surface area contributed by atoms with E-state index in [9.17, 15) is 14.7 Å². The van der Waals surface area contributed by atoms with E-state index in [1.807, 2.05) is 29.2 Å². The lowest BCUT2D eigenvalue weighted by Crippen LogP contribution is -2.45. The highest BCUT2D eigenvalue weighted by Crippen LogP contribution is 2.29. The number of carbonyl (C=O) groups excluding carboxylic acids is 1. The number of amides is 1. The molecule has 6 nitrogen and oxygen atoms in total. The third-order valence-electron chi connectivity index (χ3n) is 5.56. The summed E-state index contributed by atoms with van der Waals surface area (Å²) in [4.78, 5) is 28.0. The Labute approximate surface area is 165 Å². The van der Waals surface area contributed by atoms with Gasteiger partial charge in [0.15, 0.2) is 0 Å². The number of halogens is 1. The summed E-state index contributed by atoms with van der Waals surface area (Å²) in [6, 6.07) is 7.88. The standard InChI is InChI=1S/C20H28ClN3O3/c21-17-8-2-1-7-16(17)18(24-10-3-4-11-24)12-22-19(25)14-23-9-5-6-15(13-23)20(26)27/h1-2,7-8,15,18H,3-6,9-14H2,(H,22,25)(H,26,27). The Hall–Kier alpha value is -1.63. The van der Waals surface area contributed by atoms with Crippen molar-refractivity contribution in [2.45, 2.75) is 31.7 Å². The quantitative estimate of drug-likeness (QED) is 0.744. The third kappa shape index (κ3) is 5.43. The molecule has 1 amide bonds. The molecule has 0 aromatic heterocycles. The zero-order valence-electron chi connectivity index (χ0n) is 15.6. The normalized spacial score (nSPS) is 22.5. The molecule has 2 heterocycles. The molecule has 2 fully saturated rings. The van der Waals surface area contributed by atoms with Gasteiger partial charge in [-0.05, 0) is 56.9 Å². The number of nitrogens with zero attached hydrogens (tertiary/aromatic N) is 2. The molecule has 2 saturated heterocycles. The van der Waals surface area contributed by atoms with Crippen LogP contribution < -0.4 is 5.32 Å². The van der Waals surface area contributed by atoms with Gasteiger partial charge in [0.2, 0.25) is 5.91 Å². The van der Waals surface area contributed by atoms with Gasteiger partial charge in [-0.2, -0.15) is 0 Å². The first-order valence-electron chi connectivity index (χ1n) is 9.75. The fourth-order valence-corrected chi connectivity index (χ4v) is 4.37. The maximum atomic E-state index is 12.5. The van der Waals surface area contributed by atoms with E-state index < -0.39 is 5.97 Å². The molecule has 3 rings (SSSR count). The van der Waals surface area contributed by atoms with Crippen LogP contribution in [0.3, 0.4) is 0 Å². The van der Waals surface area contributed by atoms with Crippen LogP contribution in [0.1, 0.15) is 37.3 Å². The minimum Gasteiger partial charge on any atom is -0.481 e. The Morgan fingerprint density at radius 1 is 1.19 bits per heavy atom. The second kappa shape index (κ2) is 9.53. The van der Waals surface area contributed by atoms with Crippen molar-refractivity contribution in [3.05, 3.63) is 34.9 Å². The molecule has 0 bridgehead atoms. The number of carboxylic acid groups (broad SMARTS) is 1. The van der Waals surface area contributed by atoms with Crippen LogP contribution in [0.15, 0.2) is 24.3 Å². The topological polar surface area (TPSA) is 72.9 Å². The van der Waals surface area contributed by atoms with Crippen LogP contribution in [0, 0.1) is 5.92 Å². The molecule has 2 aliphatic rings. The summed E-state index contributed by atoms with van der Waals surface area (Å²) in [5.41, 5.74) is 1.05. The van der Waals surface area contributed by atoms with Gasteiger partial charge in [0.05, 0.1) is 18.5 Å². The molecule has 1 aromatic rings. The van der Waals surface area contributed by atoms with Crippen molar-refractivity contribution in [2.24, 2.45) is 5.92 Å². The fourth-order valence-electron chi connectivity index (χ4n) is 4.10. The highest BCUT2D eigenvalue weighted by molar-refractivity contribution is 6.31. The van der Waals surface area contributed by atoms with E-state index in [4.69, 9.17) is 11.6 Å². The number of carbonyl (C=O) groups is 2. The van der Waals surface area contributed by atoms with Crippen molar-refractivity contribution in [2.75, 3.05) is 39.3 Å². The van der Waals surface area contributed by atoms with Gasteiger partial charge in [-0.3, -0.25) is 19.4 Å². The van der Waals surface area contributed by atoms with Crippen LogP contribution in [0.2, 0.25) is 5.02 Å². The summed E-state index contributed by atoms with van der Waals surface area (Å²) < 4.78 is 0. The van der Waals surface area contributed by atoms with E-state index in [0.29, 0.717) is 19.5 Å². The average Bonchev–Trinajstić information content (AvgIpc) is 3.18. The smallest absolute Gasteiger partial charge is 0.307 e. The molecule has 0 spiro atoms. The van der Waals surface area contributed by atoms with Gasteiger partial charge >= 0.3 is 5.97 Å². The number of hydrogen-bond acceptors (Lipinski definition) is 4. The molecule has 2 aliphatic heterocycles. The van der Waals surface area contributed by atoms with Crippen molar-refractivity contribution in [1.82, 2.24) is 15.1 Å². The van der Waals surface area contributed by atoms with Crippen LogP contribution >= 0.6 is 11.6 Å². The molecule has 0 radical (unpaired) electrons. The van der Waals surface area contributed by atoms with Crippen molar-refractivity contribution >= 4 is 23.5 Å². The largest absolute Gasteiger partial charge is 0.481 e. The number of benzene rings is 1. The van der Waals surface area contributed by atoms with Gasteiger partial charge in [0.25, 0.3) is 0 Å². The molecule has 0 aliphatic carbocycles. The lowest BCUT2D eigenvalue weighted by Gasteiger charge is -2.31. The van der Waals surface area contributed by atoms with E-state index in [1.54, 1.807) is 0 Å². The SMILES string of the molecule is O=C(CN1CCCC(C(=O)O)C1)NCC(c1ccccc1Cl)N1CCCC1. The minimum atomic E-state index is -0.770. The minimum absolute atomic E-state index is 0.0581. The van der Waals surface area contributed by atoms with Gasteiger partial charge in [0.1, 0.15) is 0 Å². The Kier molecular flexibility index (Phi) is 7.10. The molecular formula is C20H28ClN3O3. The second-order valence-electron chi connectivity index (χ2n) is 7.50. The summed E-state index contributed by atoms with van der Waals surface area (Å²) in [5.74, 6) is -1.20. The highest BCUT2D eigenvalue weighted by atomic mass is 35.5. The summed E-state index contributed by atoms with van der Waals surface area (Å²) in [6.07, 6.45) is 3.84. The Morgan fingerprint density at radius 2 is 1.93 bits per heavy atom. The van der Waals surface area contributed by atoms with Gasteiger partial charge in [0, 0.05) is 18.1 Å². The zero-order valence-corrected chi connectivity index (χ0v) is 16.3. The number of rotatable bonds is 7. The molecule has 7 heteroatoms. The van der Waals surface area contributed by atoms with Crippen LogP contribution in [-0.2, 0) is 9.59 Å². The van der Waals surface area contributed by atoms with Crippen molar-refractivity contribution in [3.63, 3.8) is 0 Å². The zero-order chi connectivity index (χ0) is 19.2. The Morgan fingerprint density at radius 3 is 2.63 bits per heavy atom. The maximum Gasteiger partial charge on any atom is 0.307 e. The van der Waals surface area contributed by atoms with Crippen molar-refractivity contribution in [1.29, 1.82) is 0 Å². The molecule has 2 atom stereocenters.